The summed E-state index contributed by atoms with van der Waals surface area (Å²) in [6.45, 7) is 8.39. The van der Waals surface area contributed by atoms with Crippen LogP contribution in [0.1, 0.15) is 16.7 Å². The van der Waals surface area contributed by atoms with Crippen LogP contribution in [-0.2, 0) is 9.59 Å². The number of piperazine rings is 1. The molecule has 0 radical (unpaired) electrons. The molecule has 2 aromatic carbocycles. The van der Waals surface area contributed by atoms with E-state index in [1.165, 1.54) is 23.9 Å². The molecule has 2 aromatic rings. The first-order valence-corrected chi connectivity index (χ1v) is 9.95. The molecule has 1 N–H and O–H groups in total. The normalized spacial score (nSPS) is 14.0. The van der Waals surface area contributed by atoms with Crippen LogP contribution in [0, 0.1) is 20.8 Å². The van der Waals surface area contributed by atoms with Gasteiger partial charge in [0, 0.05) is 43.0 Å². The van der Waals surface area contributed by atoms with Gasteiger partial charge in [-0.2, -0.15) is 0 Å². The molecule has 1 saturated heterocycles. The largest absolute Gasteiger partial charge is 0.495 e. The number of carbonyl (C=O) groups excluding carboxylic acids is 2. The number of anilines is 2. The van der Waals surface area contributed by atoms with E-state index in [0.717, 1.165) is 5.56 Å². The second-order valence-electron chi connectivity index (χ2n) is 7.25. The Labute approximate surface area is 176 Å². The van der Waals surface area contributed by atoms with E-state index in [2.05, 4.69) is 36.2 Å². The summed E-state index contributed by atoms with van der Waals surface area (Å²) in [6, 6.07) is 9.56. The first kappa shape index (κ1) is 21.0. The standard InChI is InChI=1S/C22H26ClN3O3/c1-14-6-5-7-19(16(14)3)25-8-10-26(11-9-25)22(28)21(27)24-18-12-15(2)17(23)13-20(18)29-4/h5-7,12-13H,8-11H2,1-4H3,(H,24,27). The van der Waals surface area contributed by atoms with Gasteiger partial charge in [-0.25, -0.2) is 0 Å². The fourth-order valence-electron chi connectivity index (χ4n) is 3.48. The highest BCUT2D eigenvalue weighted by atomic mass is 35.5. The van der Waals surface area contributed by atoms with E-state index in [9.17, 15) is 9.59 Å². The highest BCUT2D eigenvalue weighted by Crippen LogP contribution is 2.31. The summed E-state index contributed by atoms with van der Waals surface area (Å²) in [7, 11) is 1.49. The maximum atomic E-state index is 12.6. The number of amides is 2. The van der Waals surface area contributed by atoms with Gasteiger partial charge in [-0.3, -0.25) is 9.59 Å². The summed E-state index contributed by atoms with van der Waals surface area (Å²) in [5.74, 6) is -0.799. The van der Waals surface area contributed by atoms with E-state index >= 15 is 0 Å². The van der Waals surface area contributed by atoms with Crippen LogP contribution in [-0.4, -0.2) is 50.0 Å². The second-order valence-corrected chi connectivity index (χ2v) is 7.66. The topological polar surface area (TPSA) is 61.9 Å². The molecule has 0 saturated carbocycles. The molecule has 0 aliphatic carbocycles. The van der Waals surface area contributed by atoms with Crippen LogP contribution < -0.4 is 15.0 Å². The fourth-order valence-corrected chi connectivity index (χ4v) is 3.63. The van der Waals surface area contributed by atoms with Gasteiger partial charge in [0.1, 0.15) is 5.75 Å². The minimum Gasteiger partial charge on any atom is -0.495 e. The van der Waals surface area contributed by atoms with E-state index in [4.69, 9.17) is 16.3 Å². The Bertz CT molecular complexity index is 937. The number of methoxy groups -OCH3 is 1. The zero-order valence-corrected chi connectivity index (χ0v) is 18.0. The van der Waals surface area contributed by atoms with Crippen molar-refractivity contribution < 1.29 is 14.3 Å². The number of rotatable bonds is 3. The maximum Gasteiger partial charge on any atom is 0.314 e. The molecule has 1 aliphatic heterocycles. The lowest BCUT2D eigenvalue weighted by atomic mass is 10.1. The van der Waals surface area contributed by atoms with Crippen LogP contribution >= 0.6 is 11.6 Å². The highest BCUT2D eigenvalue weighted by molar-refractivity contribution is 6.39. The van der Waals surface area contributed by atoms with Gasteiger partial charge in [0.15, 0.2) is 0 Å². The van der Waals surface area contributed by atoms with E-state index in [1.54, 1.807) is 17.0 Å². The van der Waals surface area contributed by atoms with Gasteiger partial charge in [0.2, 0.25) is 0 Å². The number of ether oxygens (including phenoxy) is 1. The molecule has 2 amide bonds. The minimum atomic E-state index is -0.676. The molecular formula is C22H26ClN3O3. The van der Waals surface area contributed by atoms with Gasteiger partial charge in [0.05, 0.1) is 12.8 Å². The first-order valence-electron chi connectivity index (χ1n) is 9.57. The number of carbonyl (C=O) groups is 2. The Kier molecular flexibility index (Phi) is 6.33. The molecule has 6 nitrogen and oxygen atoms in total. The van der Waals surface area contributed by atoms with Crippen LogP contribution in [0.2, 0.25) is 5.02 Å². The number of hydrogen-bond acceptors (Lipinski definition) is 4. The number of halogens is 1. The molecule has 0 unspecified atom stereocenters. The van der Waals surface area contributed by atoms with Crippen molar-refractivity contribution in [2.45, 2.75) is 20.8 Å². The molecule has 3 rings (SSSR count). The van der Waals surface area contributed by atoms with Crippen LogP contribution in [0.15, 0.2) is 30.3 Å². The molecule has 0 aromatic heterocycles. The Morgan fingerprint density at radius 1 is 1.03 bits per heavy atom. The summed E-state index contributed by atoms with van der Waals surface area (Å²) < 4.78 is 5.26. The van der Waals surface area contributed by atoms with E-state index in [1.807, 2.05) is 13.0 Å². The monoisotopic (exact) mass is 415 g/mol. The third-order valence-electron chi connectivity index (χ3n) is 5.41. The fraction of sp³-hybridized carbons (Fsp3) is 0.364. The van der Waals surface area contributed by atoms with Crippen molar-refractivity contribution >= 4 is 34.8 Å². The van der Waals surface area contributed by atoms with Crippen molar-refractivity contribution in [1.29, 1.82) is 0 Å². The number of aryl methyl sites for hydroxylation is 2. The Morgan fingerprint density at radius 2 is 1.72 bits per heavy atom. The van der Waals surface area contributed by atoms with Crippen molar-refractivity contribution in [3.05, 3.63) is 52.0 Å². The Morgan fingerprint density at radius 3 is 2.38 bits per heavy atom. The average Bonchev–Trinajstić information content (AvgIpc) is 2.72. The summed E-state index contributed by atoms with van der Waals surface area (Å²) in [5.41, 5.74) is 4.89. The van der Waals surface area contributed by atoms with Crippen LogP contribution in [0.3, 0.4) is 0 Å². The summed E-state index contributed by atoms with van der Waals surface area (Å²) in [6.07, 6.45) is 0. The van der Waals surface area contributed by atoms with Gasteiger partial charge in [-0.15, -0.1) is 0 Å². The highest BCUT2D eigenvalue weighted by Gasteiger charge is 2.27. The van der Waals surface area contributed by atoms with E-state index in [-0.39, 0.29) is 0 Å². The number of nitrogens with zero attached hydrogens (tertiary/aromatic N) is 2. The zero-order chi connectivity index (χ0) is 21.1. The zero-order valence-electron chi connectivity index (χ0n) is 17.2. The Hall–Kier alpha value is -2.73. The number of benzene rings is 2. The average molecular weight is 416 g/mol. The summed E-state index contributed by atoms with van der Waals surface area (Å²) in [5, 5.41) is 3.19. The van der Waals surface area contributed by atoms with Crippen molar-refractivity contribution in [2.24, 2.45) is 0 Å². The van der Waals surface area contributed by atoms with Crippen LogP contribution in [0.5, 0.6) is 5.75 Å². The quantitative estimate of drug-likeness (QED) is 0.778. The van der Waals surface area contributed by atoms with Gasteiger partial charge >= 0.3 is 11.8 Å². The van der Waals surface area contributed by atoms with Crippen molar-refractivity contribution in [3.8, 4) is 5.75 Å². The van der Waals surface area contributed by atoms with Crippen molar-refractivity contribution in [3.63, 3.8) is 0 Å². The molecule has 0 atom stereocenters. The predicted molar refractivity (Wildman–Crippen MR) is 116 cm³/mol. The maximum absolute atomic E-state index is 12.6. The molecule has 0 bridgehead atoms. The first-order chi connectivity index (χ1) is 13.8. The lowest BCUT2D eigenvalue weighted by Crippen LogP contribution is -2.51. The molecule has 154 valence electrons. The summed E-state index contributed by atoms with van der Waals surface area (Å²) in [4.78, 5) is 29.0. The third kappa shape index (κ3) is 4.48. The molecule has 1 heterocycles. The van der Waals surface area contributed by atoms with Crippen molar-refractivity contribution in [2.75, 3.05) is 43.5 Å². The van der Waals surface area contributed by atoms with Gasteiger partial charge in [-0.1, -0.05) is 23.7 Å². The van der Waals surface area contributed by atoms with E-state index in [0.29, 0.717) is 42.6 Å². The predicted octanol–water partition coefficient (Wildman–Crippen LogP) is 3.56. The summed E-state index contributed by atoms with van der Waals surface area (Å²) >= 11 is 6.10. The van der Waals surface area contributed by atoms with Crippen LogP contribution in [0.4, 0.5) is 11.4 Å². The third-order valence-corrected chi connectivity index (χ3v) is 5.81. The molecule has 29 heavy (non-hydrogen) atoms. The van der Waals surface area contributed by atoms with Gasteiger partial charge in [-0.05, 0) is 49.6 Å². The number of hydrogen-bond donors (Lipinski definition) is 1. The Balaban J connectivity index is 1.64. The van der Waals surface area contributed by atoms with Crippen LogP contribution in [0.25, 0.3) is 0 Å². The van der Waals surface area contributed by atoms with Crippen molar-refractivity contribution in [1.82, 2.24) is 4.90 Å². The second kappa shape index (κ2) is 8.74. The van der Waals surface area contributed by atoms with Gasteiger partial charge < -0.3 is 19.9 Å². The molecule has 7 heteroatoms. The minimum absolute atomic E-state index is 0.418. The molecule has 1 fully saturated rings. The molecular weight excluding hydrogens is 390 g/mol. The molecule has 0 spiro atoms. The smallest absolute Gasteiger partial charge is 0.314 e. The van der Waals surface area contributed by atoms with E-state index < -0.39 is 11.8 Å². The lowest BCUT2D eigenvalue weighted by molar-refractivity contribution is -0.143. The van der Waals surface area contributed by atoms with Gasteiger partial charge in [0.25, 0.3) is 0 Å². The molecule has 1 aliphatic rings. The lowest BCUT2D eigenvalue weighted by Gasteiger charge is -2.36. The SMILES string of the molecule is COc1cc(Cl)c(C)cc1NC(=O)C(=O)N1CCN(c2cccc(C)c2C)CC1. The number of nitrogens with one attached hydrogen (secondary N) is 1.